The Morgan fingerprint density at radius 1 is 0.414 bits per heavy atom. The van der Waals surface area contributed by atoms with E-state index in [9.17, 15) is 9.59 Å². The fourth-order valence-corrected chi connectivity index (χ4v) is 7.50. The second-order valence-corrected chi connectivity index (χ2v) is 13.9. The highest BCUT2D eigenvalue weighted by molar-refractivity contribution is 6.00. The molecule has 0 saturated carbocycles. The first-order chi connectivity index (χ1) is 28.3. The minimum atomic E-state index is -0.415. The maximum absolute atomic E-state index is 12.4. The lowest BCUT2D eigenvalue weighted by Gasteiger charge is -2.08. The number of H-pyrrole nitrogens is 2. The first kappa shape index (κ1) is 35.7. The van der Waals surface area contributed by atoms with Crippen LogP contribution < -0.4 is 11.5 Å². The summed E-state index contributed by atoms with van der Waals surface area (Å²) in [5.41, 5.74) is 27.6. The Morgan fingerprint density at radius 3 is 0.931 bits per heavy atom. The minimum absolute atomic E-state index is 0.415. The third-order valence-corrected chi connectivity index (χ3v) is 10.3. The van der Waals surface area contributed by atoms with Gasteiger partial charge in [0.25, 0.3) is 0 Å². The molecule has 10 heteroatoms. The first-order valence-corrected chi connectivity index (χ1v) is 18.5. The predicted octanol–water partition coefficient (Wildman–Crippen LogP) is 10.1. The molecule has 0 saturated heterocycles. The summed E-state index contributed by atoms with van der Waals surface area (Å²) >= 11 is 0. The summed E-state index contributed by atoms with van der Waals surface area (Å²) in [6.45, 7) is 0. The molecular weight excluding hydrogens is 725 g/mol. The van der Waals surface area contributed by atoms with Gasteiger partial charge in [-0.1, -0.05) is 48.5 Å². The number of hydrogen-bond acceptors (Lipinski definition) is 8. The Morgan fingerprint density at radius 2 is 0.672 bits per heavy atom. The number of rotatable bonds is 6. The lowest BCUT2D eigenvalue weighted by Crippen LogP contribution is -2.00. The number of methoxy groups -OCH3 is 2. The number of nitrogens with two attached hydrogens (primary N) is 2. The standard InChI is InChI=1S/C48H36N6O4/c1-57-47(55)31-7-3-27(4-8-31)43-35-19-23-39(51-35)45(29-11-15-33(49)16-12-29)41-25-21-37(53-41)44(28-5-9-32(10-6-28)48(56)58-2)38-22-26-42(54-38)46(40-24-20-36(43)52-40)30-13-17-34(50)18-14-30/h3-26,51,54H,49-50H2,1-2H3. The number of anilines is 2. The fraction of sp³-hybridized carbons (Fsp3) is 0.0417. The van der Waals surface area contributed by atoms with E-state index in [1.807, 2.05) is 121 Å². The highest BCUT2D eigenvalue weighted by atomic mass is 16.5. The second-order valence-electron chi connectivity index (χ2n) is 13.9. The van der Waals surface area contributed by atoms with Gasteiger partial charge in [-0.05, 0) is 119 Å². The monoisotopic (exact) mass is 760 g/mol. The summed E-state index contributed by atoms with van der Waals surface area (Å²) in [4.78, 5) is 42.9. The van der Waals surface area contributed by atoms with E-state index in [0.717, 1.165) is 89.4 Å². The Hall–Kier alpha value is -7.98. The molecule has 6 N–H and O–H groups in total. The molecule has 4 aromatic carbocycles. The zero-order chi connectivity index (χ0) is 39.9. The van der Waals surface area contributed by atoms with Crippen LogP contribution >= 0.6 is 0 Å². The number of ether oxygens (including phenoxy) is 2. The Kier molecular flexibility index (Phi) is 8.98. The van der Waals surface area contributed by atoms with Gasteiger partial charge in [-0.2, -0.15) is 0 Å². The molecule has 2 aliphatic heterocycles. The number of fused-ring (bicyclic) bond motifs is 8. The molecule has 9 rings (SSSR count). The van der Waals surface area contributed by atoms with E-state index in [1.165, 1.54) is 14.2 Å². The molecule has 5 heterocycles. The minimum Gasteiger partial charge on any atom is -0.465 e. The second kappa shape index (κ2) is 14.6. The van der Waals surface area contributed by atoms with E-state index in [-0.39, 0.29) is 0 Å². The molecule has 10 nitrogen and oxygen atoms in total. The molecule has 2 aliphatic rings. The van der Waals surface area contributed by atoms with Crippen molar-refractivity contribution in [3.8, 4) is 44.5 Å². The largest absolute Gasteiger partial charge is 0.465 e. The number of aromatic nitrogens is 4. The summed E-state index contributed by atoms with van der Waals surface area (Å²) in [6, 6.07) is 38.2. The Labute approximate surface area is 333 Å². The van der Waals surface area contributed by atoms with Crippen molar-refractivity contribution in [1.29, 1.82) is 0 Å². The van der Waals surface area contributed by atoms with E-state index in [1.54, 1.807) is 24.3 Å². The number of hydrogen-bond donors (Lipinski definition) is 4. The van der Waals surface area contributed by atoms with Crippen LogP contribution in [0.5, 0.6) is 0 Å². The van der Waals surface area contributed by atoms with E-state index in [0.29, 0.717) is 22.5 Å². The highest BCUT2D eigenvalue weighted by Gasteiger charge is 2.20. The van der Waals surface area contributed by atoms with Gasteiger partial charge < -0.3 is 30.9 Å². The van der Waals surface area contributed by atoms with Gasteiger partial charge in [0.1, 0.15) is 0 Å². The Balaban J connectivity index is 1.42. The number of carbonyl (C=O) groups excluding carboxylic acids is 2. The smallest absolute Gasteiger partial charge is 0.337 e. The van der Waals surface area contributed by atoms with Crippen molar-refractivity contribution in [2.24, 2.45) is 0 Å². The lowest BCUT2D eigenvalue weighted by molar-refractivity contribution is 0.0592. The van der Waals surface area contributed by atoms with Gasteiger partial charge in [0, 0.05) is 55.7 Å². The fourth-order valence-electron chi connectivity index (χ4n) is 7.50. The van der Waals surface area contributed by atoms with Crippen LogP contribution in [-0.4, -0.2) is 46.1 Å². The van der Waals surface area contributed by atoms with Crippen molar-refractivity contribution in [3.63, 3.8) is 0 Å². The molecule has 0 spiro atoms. The predicted molar refractivity (Wildman–Crippen MR) is 232 cm³/mol. The number of carbonyl (C=O) groups is 2. The summed E-state index contributed by atoms with van der Waals surface area (Å²) < 4.78 is 9.97. The number of nitrogens with one attached hydrogen (secondary N) is 2. The van der Waals surface area contributed by atoms with Gasteiger partial charge in [0.15, 0.2) is 0 Å². The molecule has 0 atom stereocenters. The molecule has 0 radical (unpaired) electrons. The van der Waals surface area contributed by atoms with E-state index in [2.05, 4.69) is 9.97 Å². The maximum atomic E-state index is 12.4. The molecule has 0 unspecified atom stereocenters. The van der Waals surface area contributed by atoms with Crippen LogP contribution in [0.1, 0.15) is 43.5 Å². The van der Waals surface area contributed by atoms with Gasteiger partial charge in [0.05, 0.1) is 48.1 Å². The quantitative estimate of drug-likeness (QED) is 0.0962. The lowest BCUT2D eigenvalue weighted by atomic mass is 10.0. The zero-order valence-electron chi connectivity index (χ0n) is 31.5. The Bertz CT molecular complexity index is 2790. The van der Waals surface area contributed by atoms with Crippen LogP contribution in [0.2, 0.25) is 0 Å². The molecule has 0 amide bonds. The van der Waals surface area contributed by atoms with Crippen molar-refractivity contribution < 1.29 is 19.1 Å². The topological polar surface area (TPSA) is 162 Å². The van der Waals surface area contributed by atoms with Gasteiger partial charge in [-0.25, -0.2) is 19.6 Å². The average molecular weight is 761 g/mol. The normalized spacial score (nSPS) is 11.8. The van der Waals surface area contributed by atoms with Crippen molar-refractivity contribution in [2.75, 3.05) is 25.7 Å². The van der Waals surface area contributed by atoms with E-state index < -0.39 is 11.9 Å². The van der Waals surface area contributed by atoms with Crippen LogP contribution in [0.15, 0.2) is 121 Å². The molecule has 0 fully saturated rings. The number of nitrogen functional groups attached to an aromatic ring is 2. The summed E-state index contributed by atoms with van der Waals surface area (Å²) in [5.74, 6) is -0.831. The van der Waals surface area contributed by atoms with Gasteiger partial charge >= 0.3 is 11.9 Å². The molecule has 58 heavy (non-hydrogen) atoms. The number of nitrogens with zero attached hydrogens (tertiary/aromatic N) is 2. The summed E-state index contributed by atoms with van der Waals surface area (Å²) in [5, 5.41) is 0. The van der Waals surface area contributed by atoms with Crippen LogP contribution in [0, 0.1) is 0 Å². The summed E-state index contributed by atoms with van der Waals surface area (Å²) in [6.07, 6.45) is 8.04. The van der Waals surface area contributed by atoms with E-state index >= 15 is 0 Å². The van der Waals surface area contributed by atoms with Crippen LogP contribution in [0.4, 0.5) is 11.4 Å². The highest BCUT2D eigenvalue weighted by Crippen LogP contribution is 2.39. The SMILES string of the molecule is COC(=O)c1ccc(-c2c3nc(c(-c4ccc(N)cc4)c4ccc([nH]4)c(-c4ccc(C(=O)OC)cc4)c4nc(c(-c5ccc(N)cc5)c5ccc2[nH]5)C=C4)C=C3)cc1. The van der Waals surface area contributed by atoms with Crippen molar-refractivity contribution in [1.82, 2.24) is 19.9 Å². The third kappa shape index (κ3) is 6.48. The van der Waals surface area contributed by atoms with Crippen molar-refractivity contribution >= 4 is 69.7 Å². The number of benzene rings is 4. The molecule has 7 aromatic rings. The molecule has 0 aliphatic carbocycles. The van der Waals surface area contributed by atoms with Crippen molar-refractivity contribution in [3.05, 3.63) is 155 Å². The number of esters is 2. The van der Waals surface area contributed by atoms with Gasteiger partial charge in [0.2, 0.25) is 0 Å². The maximum Gasteiger partial charge on any atom is 0.337 e. The number of aromatic amines is 2. The van der Waals surface area contributed by atoms with Gasteiger partial charge in [-0.15, -0.1) is 0 Å². The molecular formula is C48H36N6O4. The zero-order valence-corrected chi connectivity index (χ0v) is 31.5. The first-order valence-electron chi connectivity index (χ1n) is 18.5. The molecule has 3 aromatic heterocycles. The van der Waals surface area contributed by atoms with E-state index in [4.69, 9.17) is 30.9 Å². The average Bonchev–Trinajstić information content (AvgIpc) is 4.10. The van der Waals surface area contributed by atoms with Crippen LogP contribution in [0.3, 0.4) is 0 Å². The molecule has 8 bridgehead atoms. The van der Waals surface area contributed by atoms with Crippen LogP contribution in [-0.2, 0) is 9.47 Å². The molecule has 282 valence electrons. The van der Waals surface area contributed by atoms with Gasteiger partial charge in [-0.3, -0.25) is 0 Å². The van der Waals surface area contributed by atoms with Crippen molar-refractivity contribution in [2.45, 2.75) is 0 Å². The van der Waals surface area contributed by atoms with Crippen LogP contribution in [0.25, 0.3) is 90.9 Å². The third-order valence-electron chi connectivity index (χ3n) is 10.3. The summed E-state index contributed by atoms with van der Waals surface area (Å²) in [7, 11) is 2.74.